The molecule has 1 aliphatic carbocycles. The summed E-state index contributed by atoms with van der Waals surface area (Å²) in [4.78, 5) is 12.2. The first-order valence-corrected chi connectivity index (χ1v) is 9.03. The summed E-state index contributed by atoms with van der Waals surface area (Å²) in [5.41, 5.74) is 5.61. The van der Waals surface area contributed by atoms with Crippen LogP contribution < -0.4 is 5.32 Å². The molecule has 1 amide bonds. The second kappa shape index (κ2) is 7.63. The van der Waals surface area contributed by atoms with Gasteiger partial charge in [-0.15, -0.1) is 0 Å². The first kappa shape index (κ1) is 17.3. The van der Waals surface area contributed by atoms with E-state index in [2.05, 4.69) is 39.8 Å². The summed E-state index contributed by atoms with van der Waals surface area (Å²) in [6.45, 7) is 0.385. The van der Waals surface area contributed by atoms with Gasteiger partial charge in [0.15, 0.2) is 5.82 Å². The molecule has 0 atom stereocenters. The molecule has 0 radical (unpaired) electrons. The van der Waals surface area contributed by atoms with Gasteiger partial charge in [-0.05, 0) is 35.1 Å². The summed E-state index contributed by atoms with van der Waals surface area (Å²) < 4.78 is 5.49. The van der Waals surface area contributed by atoms with Crippen LogP contribution in [0.5, 0.6) is 0 Å². The van der Waals surface area contributed by atoms with E-state index in [1.54, 1.807) is 6.07 Å². The van der Waals surface area contributed by atoms with Crippen LogP contribution >= 0.6 is 0 Å². The van der Waals surface area contributed by atoms with Gasteiger partial charge in [0.25, 0.3) is 0 Å². The molecule has 1 heterocycles. The van der Waals surface area contributed by atoms with E-state index in [0.717, 1.165) is 5.69 Å². The zero-order valence-electron chi connectivity index (χ0n) is 14.8. The number of carbonyl (C=O) groups excluding carboxylic acids is 1. The topological polar surface area (TPSA) is 87.2 Å². The van der Waals surface area contributed by atoms with Crippen LogP contribution in [0.25, 0.3) is 11.1 Å². The first-order chi connectivity index (χ1) is 13.3. The fourth-order valence-corrected chi connectivity index (χ4v) is 3.56. The molecule has 6 heteroatoms. The standard InChI is InChI=1S/C21H21N3O3/c25-11-5-6-14-12-20(24-23-14)22-21(26)27-13-19-17-9-3-1-7-15(17)16-8-2-4-10-18(16)19/h1-4,7-10,12,19,25H,5-6,11,13H2,(H2,22,23,24,26). The lowest BCUT2D eigenvalue weighted by Crippen LogP contribution is -2.18. The number of ether oxygens (including phenoxy) is 1. The van der Waals surface area contributed by atoms with Crippen LogP contribution in [0, 0.1) is 0 Å². The summed E-state index contributed by atoms with van der Waals surface area (Å²) in [5.74, 6) is 0.447. The first-order valence-electron chi connectivity index (χ1n) is 9.03. The largest absolute Gasteiger partial charge is 0.448 e. The molecule has 0 saturated heterocycles. The lowest BCUT2D eigenvalue weighted by Gasteiger charge is -2.14. The van der Waals surface area contributed by atoms with Crippen molar-refractivity contribution in [3.8, 4) is 11.1 Å². The average molecular weight is 363 g/mol. The Hall–Kier alpha value is -3.12. The Balaban J connectivity index is 1.41. The molecular formula is C21H21N3O3. The number of amides is 1. The minimum atomic E-state index is -0.530. The average Bonchev–Trinajstić information content (AvgIpc) is 3.27. The predicted octanol–water partition coefficient (Wildman–Crippen LogP) is 3.70. The van der Waals surface area contributed by atoms with Gasteiger partial charge >= 0.3 is 6.09 Å². The van der Waals surface area contributed by atoms with Crippen molar-refractivity contribution in [2.24, 2.45) is 0 Å². The Labute approximate surface area is 157 Å². The van der Waals surface area contributed by atoms with Crippen molar-refractivity contribution in [2.75, 3.05) is 18.5 Å². The summed E-state index contributed by atoms with van der Waals surface area (Å²) >= 11 is 0. The fourth-order valence-electron chi connectivity index (χ4n) is 3.56. The number of fused-ring (bicyclic) bond motifs is 3. The number of carbonyl (C=O) groups is 1. The number of anilines is 1. The molecule has 0 aliphatic heterocycles. The molecule has 0 fully saturated rings. The maximum atomic E-state index is 12.2. The van der Waals surface area contributed by atoms with Gasteiger partial charge in [0.1, 0.15) is 6.61 Å². The molecule has 2 aromatic carbocycles. The number of nitrogens with one attached hydrogen (secondary N) is 2. The van der Waals surface area contributed by atoms with E-state index in [1.165, 1.54) is 22.3 Å². The lowest BCUT2D eigenvalue weighted by atomic mass is 9.98. The number of aryl methyl sites for hydroxylation is 1. The van der Waals surface area contributed by atoms with E-state index in [4.69, 9.17) is 9.84 Å². The SMILES string of the molecule is O=C(Nc1cc(CCCO)[nH]n1)OCC1c2ccccc2-c2ccccc21. The second-order valence-corrected chi connectivity index (χ2v) is 6.56. The van der Waals surface area contributed by atoms with E-state index in [1.807, 2.05) is 24.3 Å². The number of aliphatic hydroxyl groups is 1. The molecule has 3 N–H and O–H groups in total. The molecule has 0 spiro atoms. The predicted molar refractivity (Wildman–Crippen MR) is 103 cm³/mol. The molecule has 0 unspecified atom stereocenters. The van der Waals surface area contributed by atoms with Crippen LogP contribution in [0.3, 0.4) is 0 Å². The third-order valence-electron chi connectivity index (χ3n) is 4.81. The molecule has 4 rings (SSSR count). The van der Waals surface area contributed by atoms with Crippen LogP contribution in [-0.4, -0.2) is 34.6 Å². The number of hydrogen-bond acceptors (Lipinski definition) is 4. The van der Waals surface area contributed by atoms with E-state index >= 15 is 0 Å². The van der Waals surface area contributed by atoms with Gasteiger partial charge in [-0.2, -0.15) is 5.10 Å². The smallest absolute Gasteiger partial charge is 0.412 e. The van der Waals surface area contributed by atoms with Crippen LogP contribution in [0.15, 0.2) is 54.6 Å². The molecule has 1 aliphatic rings. The van der Waals surface area contributed by atoms with Gasteiger partial charge in [-0.3, -0.25) is 10.4 Å². The Morgan fingerprint density at radius 3 is 2.44 bits per heavy atom. The Kier molecular flexibility index (Phi) is 4.89. The van der Waals surface area contributed by atoms with Crippen LogP contribution in [0.2, 0.25) is 0 Å². The van der Waals surface area contributed by atoms with Gasteiger partial charge in [0.2, 0.25) is 0 Å². The zero-order valence-corrected chi connectivity index (χ0v) is 14.8. The van der Waals surface area contributed by atoms with Crippen molar-refractivity contribution in [3.05, 3.63) is 71.4 Å². The van der Waals surface area contributed by atoms with Crippen molar-refractivity contribution in [3.63, 3.8) is 0 Å². The third kappa shape index (κ3) is 3.57. The number of H-pyrrole nitrogens is 1. The zero-order chi connectivity index (χ0) is 18.6. The van der Waals surface area contributed by atoms with E-state index < -0.39 is 6.09 Å². The quantitative estimate of drug-likeness (QED) is 0.623. The highest BCUT2D eigenvalue weighted by Crippen LogP contribution is 2.44. The highest BCUT2D eigenvalue weighted by atomic mass is 16.5. The Bertz CT molecular complexity index is 906. The van der Waals surface area contributed by atoms with Crippen LogP contribution in [0.4, 0.5) is 10.6 Å². The van der Waals surface area contributed by atoms with Crippen molar-refractivity contribution in [1.82, 2.24) is 10.2 Å². The highest BCUT2D eigenvalue weighted by Gasteiger charge is 2.29. The number of nitrogens with zero attached hydrogens (tertiary/aromatic N) is 1. The lowest BCUT2D eigenvalue weighted by molar-refractivity contribution is 0.158. The maximum Gasteiger partial charge on any atom is 0.412 e. The van der Waals surface area contributed by atoms with Gasteiger partial charge in [0, 0.05) is 24.3 Å². The van der Waals surface area contributed by atoms with Gasteiger partial charge in [-0.25, -0.2) is 4.79 Å². The number of aromatic nitrogens is 2. The van der Waals surface area contributed by atoms with Crippen molar-refractivity contribution < 1.29 is 14.6 Å². The number of aliphatic hydroxyl groups excluding tert-OH is 1. The highest BCUT2D eigenvalue weighted by molar-refractivity contribution is 5.84. The van der Waals surface area contributed by atoms with Gasteiger partial charge in [-0.1, -0.05) is 48.5 Å². The summed E-state index contributed by atoms with van der Waals surface area (Å²) in [7, 11) is 0. The van der Waals surface area contributed by atoms with Crippen molar-refractivity contribution in [1.29, 1.82) is 0 Å². The minimum absolute atomic E-state index is 0.0300. The summed E-state index contributed by atoms with van der Waals surface area (Å²) in [5, 5.41) is 18.4. The second-order valence-electron chi connectivity index (χ2n) is 6.56. The molecule has 6 nitrogen and oxygen atoms in total. The monoisotopic (exact) mass is 363 g/mol. The van der Waals surface area contributed by atoms with Gasteiger partial charge in [0.05, 0.1) is 0 Å². The molecule has 138 valence electrons. The third-order valence-corrected chi connectivity index (χ3v) is 4.81. The Morgan fingerprint density at radius 1 is 1.11 bits per heavy atom. The van der Waals surface area contributed by atoms with Crippen molar-refractivity contribution >= 4 is 11.9 Å². The molecular weight excluding hydrogens is 342 g/mol. The number of hydrogen-bond donors (Lipinski definition) is 3. The van der Waals surface area contributed by atoms with Crippen LogP contribution in [0.1, 0.15) is 29.2 Å². The van der Waals surface area contributed by atoms with E-state index in [0.29, 0.717) is 18.7 Å². The van der Waals surface area contributed by atoms with Crippen LogP contribution in [-0.2, 0) is 11.2 Å². The summed E-state index contributed by atoms with van der Waals surface area (Å²) in [6.07, 6.45) is 0.791. The minimum Gasteiger partial charge on any atom is -0.448 e. The maximum absolute atomic E-state index is 12.2. The summed E-state index contributed by atoms with van der Waals surface area (Å²) in [6, 6.07) is 18.2. The molecule has 3 aromatic rings. The number of aromatic amines is 1. The molecule has 1 aromatic heterocycles. The molecule has 0 bridgehead atoms. The number of rotatable bonds is 6. The number of benzene rings is 2. The molecule has 27 heavy (non-hydrogen) atoms. The van der Waals surface area contributed by atoms with Crippen molar-refractivity contribution in [2.45, 2.75) is 18.8 Å². The fraction of sp³-hybridized carbons (Fsp3) is 0.238. The normalized spacial score (nSPS) is 12.5. The molecule has 0 saturated carbocycles. The Morgan fingerprint density at radius 2 is 1.78 bits per heavy atom. The van der Waals surface area contributed by atoms with Gasteiger partial charge < -0.3 is 9.84 Å². The van der Waals surface area contributed by atoms with E-state index in [-0.39, 0.29) is 19.1 Å². The van der Waals surface area contributed by atoms with E-state index in [9.17, 15) is 4.79 Å².